The lowest BCUT2D eigenvalue weighted by Crippen LogP contribution is -2.57. The maximum atomic E-state index is 12.5. The van der Waals surface area contributed by atoms with Gasteiger partial charge in [-0.15, -0.1) is 0 Å². The number of aliphatic hydroxyl groups is 2. The van der Waals surface area contributed by atoms with Crippen molar-refractivity contribution in [3.05, 3.63) is 24.3 Å². The van der Waals surface area contributed by atoms with Crippen molar-refractivity contribution in [3.8, 4) is 0 Å². The number of rotatable bonds is 6. The van der Waals surface area contributed by atoms with Gasteiger partial charge in [0.05, 0.1) is 18.8 Å². The lowest BCUT2D eigenvalue weighted by Gasteiger charge is -2.45. The number of aliphatic hydroxyl groups excluding tert-OH is 2. The van der Waals surface area contributed by atoms with Crippen LogP contribution >= 0.6 is 0 Å². The van der Waals surface area contributed by atoms with E-state index in [4.69, 9.17) is 14.6 Å². The molecule has 6 nitrogen and oxygen atoms in total. The first-order valence-corrected chi connectivity index (χ1v) is 8.51. The second kappa shape index (κ2) is 6.33. The standard InChI is InChI=1S/C18H24O6/c1-2-15(21)23-18-7-3-4-14(18)12-5-8-17(18,10-12)24-16(22)13(11-20)6-9-19/h2,6,12,14,19-20H,1,3-5,7-11H2/b13-6+. The molecule has 0 radical (unpaired) electrons. The molecule has 4 atom stereocenters. The van der Waals surface area contributed by atoms with E-state index >= 15 is 0 Å². The minimum Gasteiger partial charge on any atom is -0.451 e. The fourth-order valence-electron chi connectivity index (χ4n) is 5.14. The Morgan fingerprint density at radius 2 is 2.00 bits per heavy atom. The van der Waals surface area contributed by atoms with E-state index in [2.05, 4.69) is 6.58 Å². The average Bonchev–Trinajstić information content (AvgIpc) is 3.23. The molecule has 3 rings (SSSR count). The molecule has 0 spiro atoms. The molecule has 4 unspecified atom stereocenters. The zero-order valence-electron chi connectivity index (χ0n) is 13.7. The number of esters is 2. The molecule has 132 valence electrons. The number of hydrogen-bond acceptors (Lipinski definition) is 6. The Kier molecular flexibility index (Phi) is 4.53. The maximum Gasteiger partial charge on any atom is 0.336 e. The van der Waals surface area contributed by atoms with Crippen LogP contribution in [0.15, 0.2) is 24.3 Å². The highest BCUT2D eigenvalue weighted by Gasteiger charge is 2.73. The predicted molar refractivity (Wildman–Crippen MR) is 84.8 cm³/mol. The van der Waals surface area contributed by atoms with Crippen molar-refractivity contribution in [2.75, 3.05) is 13.2 Å². The van der Waals surface area contributed by atoms with Crippen LogP contribution in [0.2, 0.25) is 0 Å². The van der Waals surface area contributed by atoms with Crippen LogP contribution in [0.5, 0.6) is 0 Å². The highest BCUT2D eigenvalue weighted by atomic mass is 16.6. The summed E-state index contributed by atoms with van der Waals surface area (Å²) in [5.74, 6) is -0.536. The summed E-state index contributed by atoms with van der Waals surface area (Å²) >= 11 is 0. The zero-order chi connectivity index (χ0) is 17.4. The van der Waals surface area contributed by atoms with Crippen LogP contribution in [0.3, 0.4) is 0 Å². The van der Waals surface area contributed by atoms with Crippen LogP contribution in [0.1, 0.15) is 38.5 Å². The van der Waals surface area contributed by atoms with Crippen LogP contribution in [0, 0.1) is 11.8 Å². The van der Waals surface area contributed by atoms with Gasteiger partial charge in [-0.2, -0.15) is 0 Å². The first kappa shape index (κ1) is 17.2. The van der Waals surface area contributed by atoms with Crippen LogP contribution in [0.4, 0.5) is 0 Å². The molecule has 2 N–H and O–H groups in total. The summed E-state index contributed by atoms with van der Waals surface area (Å²) in [6.45, 7) is 2.63. The van der Waals surface area contributed by atoms with Gasteiger partial charge in [0, 0.05) is 12.0 Å². The van der Waals surface area contributed by atoms with Gasteiger partial charge in [0.1, 0.15) is 0 Å². The molecule has 0 aromatic carbocycles. The minimum absolute atomic E-state index is 0.0296. The average molecular weight is 336 g/mol. The Bertz CT molecular complexity index is 582. The van der Waals surface area contributed by atoms with E-state index in [9.17, 15) is 14.7 Å². The molecule has 3 saturated carbocycles. The monoisotopic (exact) mass is 336 g/mol. The molecular formula is C18H24O6. The van der Waals surface area contributed by atoms with Crippen molar-refractivity contribution in [2.24, 2.45) is 11.8 Å². The highest BCUT2D eigenvalue weighted by molar-refractivity contribution is 5.89. The van der Waals surface area contributed by atoms with Crippen LogP contribution in [-0.2, 0) is 19.1 Å². The van der Waals surface area contributed by atoms with E-state index in [1.165, 1.54) is 6.08 Å². The summed E-state index contributed by atoms with van der Waals surface area (Å²) < 4.78 is 11.7. The van der Waals surface area contributed by atoms with Gasteiger partial charge in [-0.1, -0.05) is 6.58 Å². The molecule has 3 aliphatic rings. The van der Waals surface area contributed by atoms with E-state index in [0.717, 1.165) is 25.3 Å². The third-order valence-corrected chi connectivity index (χ3v) is 6.02. The van der Waals surface area contributed by atoms with Crippen molar-refractivity contribution in [2.45, 2.75) is 49.7 Å². The van der Waals surface area contributed by atoms with E-state index in [1.807, 2.05) is 0 Å². The molecule has 0 amide bonds. The van der Waals surface area contributed by atoms with Gasteiger partial charge in [-0.25, -0.2) is 9.59 Å². The Labute approximate surface area is 141 Å². The molecule has 0 heterocycles. The molecule has 6 heteroatoms. The quantitative estimate of drug-likeness (QED) is 0.560. The van der Waals surface area contributed by atoms with Gasteiger partial charge < -0.3 is 19.7 Å². The predicted octanol–water partition coefficient (Wildman–Crippen LogP) is 1.26. The van der Waals surface area contributed by atoms with E-state index in [-0.39, 0.29) is 18.1 Å². The number of carbonyl (C=O) groups excluding carboxylic acids is 2. The number of carbonyl (C=O) groups is 2. The summed E-state index contributed by atoms with van der Waals surface area (Å²) in [5, 5.41) is 18.3. The second-order valence-corrected chi connectivity index (χ2v) is 6.97. The molecule has 0 aromatic rings. The van der Waals surface area contributed by atoms with Gasteiger partial charge in [-0.05, 0) is 50.5 Å². The van der Waals surface area contributed by atoms with Crippen LogP contribution in [0.25, 0.3) is 0 Å². The summed E-state index contributed by atoms with van der Waals surface area (Å²) in [6.07, 6.45) is 7.26. The van der Waals surface area contributed by atoms with Crippen LogP contribution in [-0.4, -0.2) is 46.6 Å². The maximum absolute atomic E-state index is 12.5. The number of hydrogen-bond donors (Lipinski definition) is 2. The van der Waals surface area contributed by atoms with Crippen molar-refractivity contribution >= 4 is 11.9 Å². The fraction of sp³-hybridized carbons (Fsp3) is 0.667. The summed E-state index contributed by atoms with van der Waals surface area (Å²) in [5.41, 5.74) is -1.59. The molecule has 3 fully saturated rings. The smallest absolute Gasteiger partial charge is 0.336 e. The van der Waals surface area contributed by atoms with Gasteiger partial charge in [-0.3, -0.25) is 0 Å². The minimum atomic E-state index is -0.835. The normalized spacial score (nSPS) is 37.2. The summed E-state index contributed by atoms with van der Waals surface area (Å²) in [4.78, 5) is 24.4. The van der Waals surface area contributed by atoms with Crippen molar-refractivity contribution < 1.29 is 29.3 Å². The van der Waals surface area contributed by atoms with E-state index in [0.29, 0.717) is 25.2 Å². The van der Waals surface area contributed by atoms with Crippen molar-refractivity contribution in [1.82, 2.24) is 0 Å². The van der Waals surface area contributed by atoms with Gasteiger partial charge >= 0.3 is 11.9 Å². The first-order valence-electron chi connectivity index (χ1n) is 8.51. The zero-order valence-corrected chi connectivity index (χ0v) is 13.7. The largest absolute Gasteiger partial charge is 0.451 e. The fourth-order valence-corrected chi connectivity index (χ4v) is 5.14. The lowest BCUT2D eigenvalue weighted by molar-refractivity contribution is -0.210. The van der Waals surface area contributed by atoms with Crippen LogP contribution < -0.4 is 0 Å². The number of ether oxygens (including phenoxy) is 2. The topological polar surface area (TPSA) is 93.1 Å². The third-order valence-electron chi connectivity index (χ3n) is 6.02. The Morgan fingerprint density at radius 1 is 1.21 bits per heavy atom. The Morgan fingerprint density at radius 3 is 2.67 bits per heavy atom. The summed E-state index contributed by atoms with van der Waals surface area (Å²) in [6, 6.07) is 0. The number of fused-ring (bicyclic) bond motifs is 5. The van der Waals surface area contributed by atoms with Gasteiger partial charge in [0.25, 0.3) is 0 Å². The molecule has 0 aromatic heterocycles. The van der Waals surface area contributed by atoms with E-state index in [1.54, 1.807) is 0 Å². The van der Waals surface area contributed by atoms with Gasteiger partial charge in [0.2, 0.25) is 0 Å². The molecule has 3 aliphatic carbocycles. The highest BCUT2D eigenvalue weighted by Crippen LogP contribution is 2.66. The van der Waals surface area contributed by atoms with Crippen molar-refractivity contribution in [1.29, 1.82) is 0 Å². The van der Waals surface area contributed by atoms with Crippen molar-refractivity contribution in [3.63, 3.8) is 0 Å². The molecule has 0 aliphatic heterocycles. The molecule has 24 heavy (non-hydrogen) atoms. The molecule has 0 saturated heterocycles. The third kappa shape index (κ3) is 2.40. The Hall–Kier alpha value is -1.66. The Balaban J connectivity index is 1.91. The van der Waals surface area contributed by atoms with Gasteiger partial charge in [0.15, 0.2) is 11.2 Å². The molecule has 2 bridgehead atoms. The molecular weight excluding hydrogens is 312 g/mol. The second-order valence-electron chi connectivity index (χ2n) is 6.97. The van der Waals surface area contributed by atoms with E-state index < -0.39 is 29.7 Å². The first-order chi connectivity index (χ1) is 11.5. The summed E-state index contributed by atoms with van der Waals surface area (Å²) in [7, 11) is 0. The lowest BCUT2D eigenvalue weighted by atomic mass is 9.74. The SMILES string of the molecule is C=CC(=O)OC12CCCC1C1CCC2(OC(=O)/C(=C/CO)CO)C1.